The van der Waals surface area contributed by atoms with Crippen LogP contribution in [0.2, 0.25) is 5.02 Å². The summed E-state index contributed by atoms with van der Waals surface area (Å²) in [5.41, 5.74) is 1.89. The van der Waals surface area contributed by atoms with Crippen molar-refractivity contribution in [3.05, 3.63) is 28.8 Å². The molecular weight excluding hydrogens is 371 g/mol. The van der Waals surface area contributed by atoms with Crippen molar-refractivity contribution in [2.45, 2.75) is 26.8 Å². The van der Waals surface area contributed by atoms with E-state index in [1.807, 2.05) is 30.0 Å². The fraction of sp³-hybridized carbons (Fsp3) is 0.526. The summed E-state index contributed by atoms with van der Waals surface area (Å²) < 4.78 is 0. The van der Waals surface area contributed by atoms with E-state index in [2.05, 4.69) is 41.2 Å². The second-order valence-corrected chi connectivity index (χ2v) is 6.42. The molecule has 0 aliphatic carbocycles. The number of hydrogen-bond donors (Lipinski definition) is 2. The predicted octanol–water partition coefficient (Wildman–Crippen LogP) is 2.96. The van der Waals surface area contributed by atoms with Gasteiger partial charge in [-0.05, 0) is 39.0 Å². The maximum atomic E-state index is 12.2. The van der Waals surface area contributed by atoms with Gasteiger partial charge in [-0.15, -0.1) is 12.4 Å². The smallest absolute Gasteiger partial charge is 0.318 e. The van der Waals surface area contributed by atoms with Crippen LogP contribution in [0.15, 0.2) is 18.2 Å². The van der Waals surface area contributed by atoms with E-state index in [0.29, 0.717) is 0 Å². The van der Waals surface area contributed by atoms with Crippen LogP contribution in [0.1, 0.15) is 26.3 Å². The Morgan fingerprint density at radius 3 is 2.62 bits per heavy atom. The van der Waals surface area contributed by atoms with Gasteiger partial charge in [0.05, 0.1) is 16.8 Å². The zero-order valence-electron chi connectivity index (χ0n) is 15.6. The van der Waals surface area contributed by atoms with Crippen LogP contribution in [-0.4, -0.2) is 56.2 Å². The van der Waals surface area contributed by atoms with Crippen LogP contribution in [0.3, 0.4) is 0 Å². The molecule has 26 heavy (non-hydrogen) atoms. The van der Waals surface area contributed by atoms with Gasteiger partial charge in [0.1, 0.15) is 0 Å². The van der Waals surface area contributed by atoms with Gasteiger partial charge in [-0.25, -0.2) is 4.79 Å². The van der Waals surface area contributed by atoms with Crippen LogP contribution >= 0.6 is 24.0 Å². The molecule has 1 aromatic carbocycles. The molecule has 1 aromatic rings. The molecule has 1 saturated heterocycles. The molecule has 1 aliphatic rings. The Balaban J connectivity index is 0.00000338. The maximum absolute atomic E-state index is 12.2. The minimum absolute atomic E-state index is 0. The summed E-state index contributed by atoms with van der Waals surface area (Å²) in [6, 6.07) is 5.53. The van der Waals surface area contributed by atoms with Crippen LogP contribution in [-0.2, 0) is 0 Å². The lowest BCUT2D eigenvalue weighted by atomic mass is 10.1. The zero-order valence-corrected chi connectivity index (χ0v) is 17.2. The van der Waals surface area contributed by atoms with Crippen LogP contribution in [0.5, 0.6) is 0 Å². The number of anilines is 1. The highest BCUT2D eigenvalue weighted by Crippen LogP contribution is 2.26. The van der Waals surface area contributed by atoms with Crippen LogP contribution in [0.4, 0.5) is 10.5 Å². The minimum atomic E-state index is -0.213. The fourth-order valence-electron chi connectivity index (χ4n) is 2.77. The predicted molar refractivity (Wildman–Crippen MR) is 112 cm³/mol. The van der Waals surface area contributed by atoms with Crippen molar-refractivity contribution in [1.82, 2.24) is 15.5 Å². The Labute approximate surface area is 167 Å². The summed E-state index contributed by atoms with van der Waals surface area (Å²) >= 11 is 6.31. The van der Waals surface area contributed by atoms with Gasteiger partial charge >= 0.3 is 6.03 Å². The Bertz CT molecular complexity index is 647. The van der Waals surface area contributed by atoms with Crippen molar-refractivity contribution in [3.8, 4) is 11.8 Å². The van der Waals surface area contributed by atoms with Gasteiger partial charge in [-0.1, -0.05) is 23.4 Å². The molecule has 0 saturated carbocycles. The number of rotatable bonds is 4. The summed E-state index contributed by atoms with van der Waals surface area (Å²) in [4.78, 5) is 16.2. The topological polar surface area (TPSA) is 47.6 Å². The highest BCUT2D eigenvalue weighted by molar-refractivity contribution is 6.33. The number of amides is 2. The van der Waals surface area contributed by atoms with Gasteiger partial charge < -0.3 is 20.4 Å². The molecule has 1 fully saturated rings. The molecule has 2 N–H and O–H groups in total. The standard InChI is InChI=1S/C19H27ClN4O.ClH/c1-4-23(5-2)18-14-16(8-9-17(18)20)7-6-15(3)22-19(25)24-12-10-21-11-13-24;/h8-9,14-15,21H,4-5,10-13H2,1-3H3,(H,22,25);1H. The van der Waals surface area contributed by atoms with Gasteiger partial charge in [-0.3, -0.25) is 0 Å². The van der Waals surface area contributed by atoms with Crippen LogP contribution < -0.4 is 15.5 Å². The number of nitrogens with one attached hydrogen (secondary N) is 2. The zero-order chi connectivity index (χ0) is 18.2. The molecule has 0 spiro atoms. The third-order valence-electron chi connectivity index (χ3n) is 4.23. The number of nitrogens with zero attached hydrogens (tertiary/aromatic N) is 2. The van der Waals surface area contributed by atoms with Crippen molar-refractivity contribution in [1.29, 1.82) is 0 Å². The quantitative estimate of drug-likeness (QED) is 0.766. The summed E-state index contributed by atoms with van der Waals surface area (Å²) in [6.45, 7) is 11.0. The second-order valence-electron chi connectivity index (χ2n) is 6.02. The van der Waals surface area contributed by atoms with E-state index < -0.39 is 0 Å². The minimum Gasteiger partial charge on any atom is -0.371 e. The Kier molecular flexibility index (Phi) is 9.64. The number of halogens is 2. The van der Waals surface area contributed by atoms with Crippen molar-refractivity contribution in [3.63, 3.8) is 0 Å². The highest BCUT2D eigenvalue weighted by atomic mass is 35.5. The first-order chi connectivity index (χ1) is 12.0. The highest BCUT2D eigenvalue weighted by Gasteiger charge is 2.16. The fourth-order valence-corrected chi connectivity index (χ4v) is 3.01. The normalized spacial score (nSPS) is 14.5. The molecule has 0 bridgehead atoms. The van der Waals surface area contributed by atoms with Crippen molar-refractivity contribution >= 4 is 35.7 Å². The number of hydrogen-bond acceptors (Lipinski definition) is 3. The third kappa shape index (κ3) is 6.28. The molecule has 1 unspecified atom stereocenters. The van der Waals surface area contributed by atoms with Crippen LogP contribution in [0, 0.1) is 11.8 Å². The lowest BCUT2D eigenvalue weighted by molar-refractivity contribution is 0.189. The van der Waals surface area contributed by atoms with E-state index in [1.54, 1.807) is 0 Å². The van der Waals surface area contributed by atoms with Crippen molar-refractivity contribution in [2.24, 2.45) is 0 Å². The lowest BCUT2D eigenvalue weighted by Gasteiger charge is -2.28. The number of piperazine rings is 1. The monoisotopic (exact) mass is 398 g/mol. The second kappa shape index (κ2) is 11.2. The van der Waals surface area contributed by atoms with E-state index in [-0.39, 0.29) is 24.5 Å². The van der Waals surface area contributed by atoms with E-state index >= 15 is 0 Å². The van der Waals surface area contributed by atoms with E-state index in [0.717, 1.165) is 55.5 Å². The summed E-state index contributed by atoms with van der Waals surface area (Å²) in [7, 11) is 0. The van der Waals surface area contributed by atoms with Gasteiger partial charge in [0.25, 0.3) is 0 Å². The maximum Gasteiger partial charge on any atom is 0.318 e. The first-order valence-electron chi connectivity index (χ1n) is 8.87. The molecule has 7 heteroatoms. The number of carbonyl (C=O) groups excluding carboxylic acids is 1. The molecule has 1 heterocycles. The molecule has 1 atom stereocenters. The molecule has 144 valence electrons. The average molecular weight is 399 g/mol. The van der Waals surface area contributed by atoms with E-state index in [4.69, 9.17) is 11.6 Å². The van der Waals surface area contributed by atoms with Gasteiger partial charge in [0.15, 0.2) is 0 Å². The third-order valence-corrected chi connectivity index (χ3v) is 4.55. The number of benzene rings is 1. The number of urea groups is 1. The SMILES string of the molecule is CCN(CC)c1cc(C#CC(C)NC(=O)N2CCNCC2)ccc1Cl.Cl. The summed E-state index contributed by atoms with van der Waals surface area (Å²) in [6.07, 6.45) is 0. The Hall–Kier alpha value is -1.61. The summed E-state index contributed by atoms with van der Waals surface area (Å²) in [5, 5.41) is 6.90. The van der Waals surface area contributed by atoms with E-state index in [1.165, 1.54) is 0 Å². The first-order valence-corrected chi connectivity index (χ1v) is 9.25. The molecule has 2 amide bonds. The first kappa shape index (κ1) is 22.4. The molecule has 1 aliphatic heterocycles. The largest absolute Gasteiger partial charge is 0.371 e. The lowest BCUT2D eigenvalue weighted by Crippen LogP contribution is -2.51. The van der Waals surface area contributed by atoms with E-state index in [9.17, 15) is 4.79 Å². The molecule has 2 rings (SSSR count). The Morgan fingerprint density at radius 2 is 2.00 bits per heavy atom. The molecule has 5 nitrogen and oxygen atoms in total. The molecule has 0 radical (unpaired) electrons. The van der Waals surface area contributed by atoms with Crippen molar-refractivity contribution < 1.29 is 4.79 Å². The van der Waals surface area contributed by atoms with Gasteiger partial charge in [-0.2, -0.15) is 0 Å². The number of carbonyl (C=O) groups is 1. The molecular formula is C19H28Cl2N4O. The summed E-state index contributed by atoms with van der Waals surface area (Å²) in [5.74, 6) is 6.25. The van der Waals surface area contributed by atoms with Crippen LogP contribution in [0.25, 0.3) is 0 Å². The Morgan fingerprint density at radius 1 is 1.35 bits per heavy atom. The van der Waals surface area contributed by atoms with Gasteiger partial charge in [0.2, 0.25) is 0 Å². The van der Waals surface area contributed by atoms with Gasteiger partial charge in [0, 0.05) is 44.8 Å². The molecule has 0 aromatic heterocycles. The average Bonchev–Trinajstić information content (AvgIpc) is 2.63. The van der Waals surface area contributed by atoms with Crippen molar-refractivity contribution in [2.75, 3.05) is 44.2 Å².